The zero-order chi connectivity index (χ0) is 14.4. The maximum absolute atomic E-state index is 10.6. The first-order chi connectivity index (χ1) is 9.69. The molecule has 0 atom stereocenters. The third-order valence-corrected chi connectivity index (χ3v) is 4.74. The van der Waals surface area contributed by atoms with Gasteiger partial charge in [-0.2, -0.15) is 0 Å². The van der Waals surface area contributed by atoms with E-state index in [-0.39, 0.29) is 0 Å². The summed E-state index contributed by atoms with van der Waals surface area (Å²) in [5.41, 5.74) is 0.966. The van der Waals surface area contributed by atoms with Gasteiger partial charge in [-0.25, -0.2) is 4.79 Å². The fourth-order valence-corrected chi connectivity index (χ4v) is 3.56. The molecule has 1 aromatic heterocycles. The molecule has 1 heterocycles. The van der Waals surface area contributed by atoms with Crippen molar-refractivity contribution in [1.82, 2.24) is 0 Å². The highest BCUT2D eigenvalue weighted by Crippen LogP contribution is 2.30. The van der Waals surface area contributed by atoms with E-state index in [9.17, 15) is 4.79 Å². The van der Waals surface area contributed by atoms with Crippen LogP contribution in [0.15, 0.2) is 46.7 Å². The Kier molecular flexibility index (Phi) is 5.26. The Labute approximate surface area is 125 Å². The Balaban J connectivity index is 2.04. The van der Waals surface area contributed by atoms with Gasteiger partial charge in [0.25, 0.3) is 0 Å². The van der Waals surface area contributed by atoms with E-state index < -0.39 is 5.97 Å². The Morgan fingerprint density at radius 1 is 1.45 bits per heavy atom. The van der Waals surface area contributed by atoms with Gasteiger partial charge in [-0.1, -0.05) is 6.07 Å². The van der Waals surface area contributed by atoms with E-state index in [1.807, 2.05) is 35.7 Å². The molecule has 0 aliphatic carbocycles. The summed E-state index contributed by atoms with van der Waals surface area (Å²) in [6.45, 7) is 0. The van der Waals surface area contributed by atoms with Gasteiger partial charge in [0.2, 0.25) is 0 Å². The molecule has 0 radical (unpaired) electrons. The van der Waals surface area contributed by atoms with Crippen LogP contribution >= 0.6 is 23.1 Å². The van der Waals surface area contributed by atoms with E-state index in [4.69, 9.17) is 9.84 Å². The first-order valence-electron chi connectivity index (χ1n) is 5.93. The fraction of sp³-hybridized carbons (Fsp3) is 0.133. The van der Waals surface area contributed by atoms with Crippen LogP contribution in [0.5, 0.6) is 5.75 Å². The van der Waals surface area contributed by atoms with Gasteiger partial charge in [0.05, 0.1) is 7.11 Å². The van der Waals surface area contributed by atoms with Crippen LogP contribution in [-0.4, -0.2) is 18.2 Å². The third-order valence-electron chi connectivity index (χ3n) is 2.60. The second kappa shape index (κ2) is 7.17. The number of ether oxygens (including phenoxy) is 1. The van der Waals surface area contributed by atoms with Crippen molar-refractivity contribution < 1.29 is 14.6 Å². The number of methoxy groups -OCH3 is 1. The van der Waals surface area contributed by atoms with Crippen molar-refractivity contribution in [2.75, 3.05) is 7.11 Å². The predicted octanol–water partition coefficient (Wildman–Crippen LogP) is 4.15. The Bertz CT molecular complexity index is 617. The van der Waals surface area contributed by atoms with Crippen LogP contribution < -0.4 is 4.74 Å². The highest BCUT2D eigenvalue weighted by atomic mass is 32.2. The molecule has 0 amide bonds. The number of aliphatic carboxylic acids is 1. The molecule has 2 rings (SSSR count). The molecule has 0 fully saturated rings. The molecule has 2 aromatic rings. The molecular weight excluding hydrogens is 292 g/mol. The van der Waals surface area contributed by atoms with Crippen molar-refractivity contribution in [3.63, 3.8) is 0 Å². The van der Waals surface area contributed by atoms with Crippen LogP contribution in [0, 0.1) is 0 Å². The quantitative estimate of drug-likeness (QED) is 0.643. The molecular formula is C15H14O3S2. The van der Waals surface area contributed by atoms with Crippen molar-refractivity contribution in [3.05, 3.63) is 52.2 Å². The number of thioether (sulfide) groups is 1. The van der Waals surface area contributed by atoms with E-state index in [2.05, 4.69) is 0 Å². The molecule has 0 aliphatic rings. The van der Waals surface area contributed by atoms with Crippen LogP contribution in [0.1, 0.15) is 10.4 Å². The summed E-state index contributed by atoms with van der Waals surface area (Å²) in [5, 5.41) is 10.6. The molecule has 0 bridgehead atoms. The minimum Gasteiger partial charge on any atom is -0.497 e. The normalized spacial score (nSPS) is 10.8. The zero-order valence-electron chi connectivity index (χ0n) is 10.9. The summed E-state index contributed by atoms with van der Waals surface area (Å²) in [4.78, 5) is 12.8. The summed E-state index contributed by atoms with van der Waals surface area (Å²) >= 11 is 3.34. The van der Waals surface area contributed by atoms with Gasteiger partial charge >= 0.3 is 5.97 Å². The van der Waals surface area contributed by atoms with E-state index in [0.29, 0.717) is 0 Å². The van der Waals surface area contributed by atoms with Gasteiger partial charge in [0, 0.05) is 21.6 Å². The number of hydrogen-bond donors (Lipinski definition) is 1. The lowest BCUT2D eigenvalue weighted by Gasteiger charge is -2.04. The standard InChI is InChI=1S/C15H14O3S2/c1-18-12-3-2-4-13(9-12)20-10-14-11(7-8-19-14)5-6-15(16)17/h2-9H,10H2,1H3,(H,16,17). The zero-order valence-corrected chi connectivity index (χ0v) is 12.5. The molecule has 20 heavy (non-hydrogen) atoms. The second-order valence-electron chi connectivity index (χ2n) is 3.94. The monoisotopic (exact) mass is 306 g/mol. The van der Waals surface area contributed by atoms with Crippen molar-refractivity contribution >= 4 is 35.1 Å². The topological polar surface area (TPSA) is 46.5 Å². The maximum atomic E-state index is 10.6. The average Bonchev–Trinajstić information content (AvgIpc) is 2.90. The molecule has 1 N–H and O–H groups in total. The minimum absolute atomic E-state index is 0.810. The number of carbonyl (C=O) groups is 1. The Morgan fingerprint density at radius 3 is 3.05 bits per heavy atom. The number of hydrogen-bond acceptors (Lipinski definition) is 4. The van der Waals surface area contributed by atoms with Crippen LogP contribution in [0.3, 0.4) is 0 Å². The summed E-state index contributed by atoms with van der Waals surface area (Å²) in [6, 6.07) is 9.83. The molecule has 0 aliphatic heterocycles. The van der Waals surface area contributed by atoms with Crippen molar-refractivity contribution in [2.45, 2.75) is 10.6 Å². The van der Waals surface area contributed by atoms with Crippen molar-refractivity contribution in [2.24, 2.45) is 0 Å². The summed E-state index contributed by atoms with van der Waals surface area (Å²) in [7, 11) is 1.65. The van der Waals surface area contributed by atoms with Gasteiger partial charge in [-0.05, 0) is 41.3 Å². The molecule has 1 aromatic carbocycles. The molecule has 0 saturated carbocycles. The summed E-state index contributed by atoms with van der Waals surface area (Å²) < 4.78 is 5.19. The van der Waals surface area contributed by atoms with Crippen LogP contribution in [0.2, 0.25) is 0 Å². The van der Waals surface area contributed by atoms with Gasteiger partial charge in [0.1, 0.15) is 5.75 Å². The molecule has 3 nitrogen and oxygen atoms in total. The van der Waals surface area contributed by atoms with Gasteiger partial charge in [0.15, 0.2) is 0 Å². The van der Waals surface area contributed by atoms with Gasteiger partial charge in [-0.15, -0.1) is 23.1 Å². The van der Waals surface area contributed by atoms with Crippen LogP contribution in [-0.2, 0) is 10.5 Å². The number of rotatable bonds is 6. The van der Waals surface area contributed by atoms with Crippen LogP contribution in [0.4, 0.5) is 0 Å². The average molecular weight is 306 g/mol. The Hall–Kier alpha value is -1.72. The van der Waals surface area contributed by atoms with Gasteiger partial charge < -0.3 is 9.84 Å². The summed E-state index contributed by atoms with van der Waals surface area (Å²) in [5.74, 6) is 0.721. The maximum Gasteiger partial charge on any atom is 0.328 e. The number of carboxylic acids is 1. The number of benzene rings is 1. The fourth-order valence-electron chi connectivity index (χ4n) is 1.62. The first kappa shape index (κ1) is 14.7. The van der Waals surface area contributed by atoms with Gasteiger partial charge in [-0.3, -0.25) is 0 Å². The Morgan fingerprint density at radius 2 is 2.30 bits per heavy atom. The smallest absolute Gasteiger partial charge is 0.328 e. The largest absolute Gasteiger partial charge is 0.497 e. The highest BCUT2D eigenvalue weighted by molar-refractivity contribution is 7.98. The third kappa shape index (κ3) is 4.15. The summed E-state index contributed by atoms with van der Waals surface area (Å²) in [6.07, 6.45) is 2.81. The second-order valence-corrected chi connectivity index (χ2v) is 5.99. The van der Waals surface area contributed by atoms with Crippen molar-refractivity contribution in [3.8, 4) is 5.75 Å². The van der Waals surface area contributed by atoms with E-state index >= 15 is 0 Å². The predicted molar refractivity (Wildman–Crippen MR) is 83.5 cm³/mol. The number of thiophene rings is 1. The van der Waals surface area contributed by atoms with Crippen molar-refractivity contribution in [1.29, 1.82) is 0 Å². The lowest BCUT2D eigenvalue weighted by Crippen LogP contribution is -1.86. The van der Waals surface area contributed by atoms with E-state index in [1.54, 1.807) is 36.3 Å². The minimum atomic E-state index is -0.928. The van der Waals surface area contributed by atoms with E-state index in [1.165, 1.54) is 6.08 Å². The molecule has 0 saturated heterocycles. The highest BCUT2D eigenvalue weighted by Gasteiger charge is 2.04. The lowest BCUT2D eigenvalue weighted by atomic mass is 10.2. The lowest BCUT2D eigenvalue weighted by molar-refractivity contribution is -0.131. The molecule has 0 spiro atoms. The SMILES string of the molecule is COc1cccc(SCc2sccc2C=CC(=O)O)c1. The molecule has 0 unspecified atom stereocenters. The number of carboxylic acid groups (broad SMARTS) is 1. The van der Waals surface area contributed by atoms with Crippen LogP contribution in [0.25, 0.3) is 6.08 Å². The van der Waals surface area contributed by atoms with E-state index in [0.717, 1.165) is 26.8 Å². The molecule has 104 valence electrons. The molecule has 5 heteroatoms. The first-order valence-corrected chi connectivity index (χ1v) is 7.80.